The van der Waals surface area contributed by atoms with Gasteiger partial charge in [0.25, 0.3) is 0 Å². The van der Waals surface area contributed by atoms with Crippen molar-refractivity contribution in [3.8, 4) is 0 Å². The average Bonchev–Trinajstić information content (AvgIpc) is 2.73. The Hall–Kier alpha value is -1.62. The third-order valence-electron chi connectivity index (χ3n) is 2.65. The monoisotopic (exact) mass is 219 g/mol. The van der Waals surface area contributed by atoms with Crippen LogP contribution in [0.5, 0.6) is 0 Å². The van der Waals surface area contributed by atoms with Gasteiger partial charge in [0, 0.05) is 19.6 Å². The van der Waals surface area contributed by atoms with Crippen LogP contribution in [0.2, 0.25) is 0 Å². The van der Waals surface area contributed by atoms with Gasteiger partial charge in [0.05, 0.1) is 11.9 Å². The van der Waals surface area contributed by atoms with Crippen molar-refractivity contribution in [1.82, 2.24) is 14.6 Å². The standard InChI is InChI=1S/C11H17N5/c1-3-15(4-2)11-6-5-10-13-9(7-12)8-16(10)14-11/h5-6,8H,3-4,7,12H2,1-2H3. The van der Waals surface area contributed by atoms with E-state index >= 15 is 0 Å². The molecule has 0 atom stereocenters. The van der Waals surface area contributed by atoms with E-state index in [1.807, 2.05) is 18.3 Å². The molecule has 2 N–H and O–H groups in total. The zero-order chi connectivity index (χ0) is 11.5. The lowest BCUT2D eigenvalue weighted by Gasteiger charge is -2.19. The number of imidazole rings is 1. The van der Waals surface area contributed by atoms with E-state index in [9.17, 15) is 0 Å². The molecule has 5 heteroatoms. The number of hydrogen-bond acceptors (Lipinski definition) is 4. The lowest BCUT2D eigenvalue weighted by atomic mass is 10.4. The molecule has 0 saturated carbocycles. The van der Waals surface area contributed by atoms with E-state index in [1.54, 1.807) is 4.52 Å². The number of nitrogens with two attached hydrogens (primary N) is 1. The summed E-state index contributed by atoms with van der Waals surface area (Å²) in [6.45, 7) is 6.59. The highest BCUT2D eigenvalue weighted by Gasteiger charge is 2.06. The van der Waals surface area contributed by atoms with Gasteiger partial charge < -0.3 is 10.6 Å². The molecule has 0 unspecified atom stereocenters. The molecule has 0 aromatic carbocycles. The van der Waals surface area contributed by atoms with Crippen LogP contribution in [0.15, 0.2) is 18.3 Å². The lowest BCUT2D eigenvalue weighted by molar-refractivity contribution is 0.807. The summed E-state index contributed by atoms with van der Waals surface area (Å²) in [5.41, 5.74) is 7.26. The minimum absolute atomic E-state index is 0.448. The molecule has 2 rings (SSSR count). The maximum absolute atomic E-state index is 5.55. The van der Waals surface area contributed by atoms with Crippen molar-refractivity contribution in [3.63, 3.8) is 0 Å². The van der Waals surface area contributed by atoms with Crippen molar-refractivity contribution in [2.45, 2.75) is 20.4 Å². The molecule has 0 bridgehead atoms. The molecule has 0 saturated heterocycles. The van der Waals surface area contributed by atoms with Gasteiger partial charge in [-0.2, -0.15) is 0 Å². The quantitative estimate of drug-likeness (QED) is 0.834. The lowest BCUT2D eigenvalue weighted by Crippen LogP contribution is -2.23. The van der Waals surface area contributed by atoms with Crippen LogP contribution >= 0.6 is 0 Å². The molecule has 5 nitrogen and oxygen atoms in total. The van der Waals surface area contributed by atoms with Gasteiger partial charge in [-0.15, -0.1) is 5.10 Å². The van der Waals surface area contributed by atoms with Gasteiger partial charge in [-0.1, -0.05) is 0 Å². The first-order valence-corrected chi connectivity index (χ1v) is 5.58. The molecule has 0 aliphatic heterocycles. The van der Waals surface area contributed by atoms with Gasteiger partial charge in [-0.3, -0.25) is 0 Å². The van der Waals surface area contributed by atoms with Crippen LogP contribution in [0.1, 0.15) is 19.5 Å². The fourth-order valence-corrected chi connectivity index (χ4v) is 1.74. The van der Waals surface area contributed by atoms with Crippen molar-refractivity contribution in [2.75, 3.05) is 18.0 Å². The number of fused-ring (bicyclic) bond motifs is 1. The van der Waals surface area contributed by atoms with Crippen LogP contribution in [-0.4, -0.2) is 27.7 Å². The second-order valence-corrected chi connectivity index (χ2v) is 3.60. The number of nitrogens with zero attached hydrogens (tertiary/aromatic N) is 4. The predicted octanol–water partition coefficient (Wildman–Crippen LogP) is 1.03. The minimum atomic E-state index is 0.448. The van der Waals surface area contributed by atoms with E-state index in [1.165, 1.54) is 0 Å². The molecule has 16 heavy (non-hydrogen) atoms. The topological polar surface area (TPSA) is 59.5 Å². The van der Waals surface area contributed by atoms with Gasteiger partial charge >= 0.3 is 0 Å². The molecule has 2 heterocycles. The highest BCUT2D eigenvalue weighted by Crippen LogP contribution is 2.11. The van der Waals surface area contributed by atoms with E-state index in [-0.39, 0.29) is 0 Å². The van der Waals surface area contributed by atoms with Crippen molar-refractivity contribution < 1.29 is 0 Å². The Labute approximate surface area is 94.9 Å². The van der Waals surface area contributed by atoms with Crippen molar-refractivity contribution in [2.24, 2.45) is 5.73 Å². The number of aromatic nitrogens is 3. The average molecular weight is 219 g/mol. The number of hydrogen-bond donors (Lipinski definition) is 1. The molecule has 0 aliphatic rings. The Morgan fingerprint density at radius 3 is 2.69 bits per heavy atom. The Balaban J connectivity index is 2.42. The summed E-state index contributed by atoms with van der Waals surface area (Å²) in [4.78, 5) is 6.54. The van der Waals surface area contributed by atoms with Gasteiger partial charge in [0.1, 0.15) is 5.82 Å². The zero-order valence-corrected chi connectivity index (χ0v) is 9.72. The molecule has 0 radical (unpaired) electrons. The Morgan fingerprint density at radius 2 is 2.06 bits per heavy atom. The molecular formula is C11H17N5. The van der Waals surface area contributed by atoms with E-state index in [0.717, 1.165) is 30.2 Å². The summed E-state index contributed by atoms with van der Waals surface area (Å²) < 4.78 is 1.79. The van der Waals surface area contributed by atoms with Crippen LogP contribution < -0.4 is 10.6 Å². The first-order valence-electron chi connectivity index (χ1n) is 5.58. The SMILES string of the molecule is CCN(CC)c1ccc2nc(CN)cn2n1. The summed E-state index contributed by atoms with van der Waals surface area (Å²) in [6.07, 6.45) is 1.88. The Kier molecular flexibility index (Phi) is 3.05. The Morgan fingerprint density at radius 1 is 1.31 bits per heavy atom. The van der Waals surface area contributed by atoms with Crippen LogP contribution in [-0.2, 0) is 6.54 Å². The van der Waals surface area contributed by atoms with E-state index in [2.05, 4.69) is 28.8 Å². The second kappa shape index (κ2) is 4.49. The van der Waals surface area contributed by atoms with Crippen LogP contribution in [0.3, 0.4) is 0 Å². The first-order chi connectivity index (χ1) is 7.78. The van der Waals surface area contributed by atoms with Gasteiger partial charge in [-0.25, -0.2) is 9.50 Å². The van der Waals surface area contributed by atoms with E-state index < -0.39 is 0 Å². The van der Waals surface area contributed by atoms with E-state index in [4.69, 9.17) is 5.73 Å². The molecule has 0 spiro atoms. The third-order valence-corrected chi connectivity index (χ3v) is 2.65. The van der Waals surface area contributed by atoms with E-state index in [0.29, 0.717) is 6.54 Å². The van der Waals surface area contributed by atoms with Crippen molar-refractivity contribution in [3.05, 3.63) is 24.0 Å². The summed E-state index contributed by atoms with van der Waals surface area (Å²) >= 11 is 0. The van der Waals surface area contributed by atoms with Crippen molar-refractivity contribution >= 4 is 11.5 Å². The zero-order valence-electron chi connectivity index (χ0n) is 9.72. The summed E-state index contributed by atoms with van der Waals surface area (Å²) in [7, 11) is 0. The maximum Gasteiger partial charge on any atom is 0.153 e. The Bertz CT molecular complexity index is 472. The van der Waals surface area contributed by atoms with Crippen molar-refractivity contribution in [1.29, 1.82) is 0 Å². The fourth-order valence-electron chi connectivity index (χ4n) is 1.74. The van der Waals surface area contributed by atoms with Crippen LogP contribution in [0.4, 0.5) is 5.82 Å². The number of rotatable bonds is 4. The van der Waals surface area contributed by atoms with Crippen LogP contribution in [0.25, 0.3) is 5.65 Å². The summed E-state index contributed by atoms with van der Waals surface area (Å²) in [6, 6.07) is 3.97. The molecule has 86 valence electrons. The third kappa shape index (κ3) is 1.86. The predicted molar refractivity (Wildman–Crippen MR) is 64.4 cm³/mol. The second-order valence-electron chi connectivity index (χ2n) is 3.60. The molecule has 0 aliphatic carbocycles. The minimum Gasteiger partial charge on any atom is -0.356 e. The van der Waals surface area contributed by atoms with Gasteiger partial charge in [-0.05, 0) is 26.0 Å². The highest BCUT2D eigenvalue weighted by atomic mass is 15.3. The maximum atomic E-state index is 5.55. The summed E-state index contributed by atoms with van der Waals surface area (Å²) in [5, 5.41) is 4.51. The normalized spacial score (nSPS) is 10.9. The first kappa shape index (κ1) is 10.9. The molecule has 0 amide bonds. The molecule has 2 aromatic rings. The molecular weight excluding hydrogens is 202 g/mol. The van der Waals surface area contributed by atoms with Gasteiger partial charge in [0.2, 0.25) is 0 Å². The molecule has 0 fully saturated rings. The summed E-state index contributed by atoms with van der Waals surface area (Å²) in [5.74, 6) is 0.971. The molecule has 2 aromatic heterocycles. The largest absolute Gasteiger partial charge is 0.356 e. The van der Waals surface area contributed by atoms with Crippen LogP contribution in [0, 0.1) is 0 Å². The fraction of sp³-hybridized carbons (Fsp3) is 0.455. The highest BCUT2D eigenvalue weighted by molar-refractivity contribution is 5.46. The smallest absolute Gasteiger partial charge is 0.153 e. The van der Waals surface area contributed by atoms with Gasteiger partial charge in [0.15, 0.2) is 5.65 Å². The number of anilines is 1.